The predicted molar refractivity (Wildman–Crippen MR) is 90.2 cm³/mol. The van der Waals surface area contributed by atoms with Crippen molar-refractivity contribution in [3.8, 4) is 0 Å². The fourth-order valence-corrected chi connectivity index (χ4v) is 2.74. The van der Waals surface area contributed by atoms with Gasteiger partial charge >= 0.3 is 6.03 Å². The van der Waals surface area contributed by atoms with Gasteiger partial charge in [-0.2, -0.15) is 0 Å². The minimum absolute atomic E-state index is 0.0856. The summed E-state index contributed by atoms with van der Waals surface area (Å²) in [4.78, 5) is 27.6. The highest BCUT2D eigenvalue weighted by Crippen LogP contribution is 2.17. The van der Waals surface area contributed by atoms with Crippen LogP contribution < -0.4 is 16.0 Å². The van der Waals surface area contributed by atoms with Gasteiger partial charge in [0.1, 0.15) is 5.82 Å². The second-order valence-corrected chi connectivity index (χ2v) is 6.11. The van der Waals surface area contributed by atoms with Crippen molar-refractivity contribution in [3.63, 3.8) is 0 Å². The molecule has 1 aromatic heterocycles. The second-order valence-electron chi connectivity index (χ2n) is 6.11. The van der Waals surface area contributed by atoms with Crippen LogP contribution in [-0.4, -0.2) is 29.5 Å². The molecule has 0 aliphatic heterocycles. The molecule has 3 N–H and O–H groups in total. The number of hydrogen-bond donors (Lipinski definition) is 3. The van der Waals surface area contributed by atoms with Gasteiger partial charge in [-0.15, -0.1) is 0 Å². The molecule has 0 aromatic carbocycles. The van der Waals surface area contributed by atoms with E-state index in [1.165, 1.54) is 19.3 Å². The molecule has 0 unspecified atom stereocenters. The van der Waals surface area contributed by atoms with Crippen LogP contribution in [0.3, 0.4) is 0 Å². The number of nitrogens with one attached hydrogen (secondary N) is 3. The maximum Gasteiger partial charge on any atom is 0.315 e. The summed E-state index contributed by atoms with van der Waals surface area (Å²) in [6, 6.07) is 3.88. The quantitative estimate of drug-likeness (QED) is 0.705. The first-order valence-electron chi connectivity index (χ1n) is 8.40. The number of aryl methyl sites for hydroxylation is 1. The van der Waals surface area contributed by atoms with E-state index in [0.717, 1.165) is 18.4 Å². The molecule has 1 aromatic rings. The molecule has 2 rings (SSSR count). The van der Waals surface area contributed by atoms with Gasteiger partial charge in [-0.3, -0.25) is 4.79 Å². The third-order valence-corrected chi connectivity index (χ3v) is 3.99. The summed E-state index contributed by atoms with van der Waals surface area (Å²) in [6.07, 6.45) is 8.43. The first-order chi connectivity index (χ1) is 11.1. The average molecular weight is 318 g/mol. The van der Waals surface area contributed by atoms with E-state index in [1.807, 2.05) is 19.1 Å². The number of pyridine rings is 1. The highest BCUT2D eigenvalue weighted by molar-refractivity contribution is 5.89. The van der Waals surface area contributed by atoms with Crippen molar-refractivity contribution in [2.75, 3.05) is 11.9 Å². The fraction of sp³-hybridized carbons (Fsp3) is 0.588. The molecular formula is C17H26N4O2. The van der Waals surface area contributed by atoms with E-state index in [9.17, 15) is 9.59 Å². The second kappa shape index (κ2) is 9.12. The lowest BCUT2D eigenvalue weighted by Crippen LogP contribution is -2.43. The van der Waals surface area contributed by atoms with Crippen molar-refractivity contribution < 1.29 is 9.59 Å². The predicted octanol–water partition coefficient (Wildman–Crippen LogP) is 2.74. The lowest BCUT2D eigenvalue weighted by molar-refractivity contribution is -0.116. The van der Waals surface area contributed by atoms with Crippen LogP contribution in [-0.2, 0) is 4.79 Å². The highest BCUT2D eigenvalue weighted by atomic mass is 16.2. The number of hydrogen-bond acceptors (Lipinski definition) is 3. The molecule has 0 spiro atoms. The molecule has 1 aliphatic carbocycles. The Morgan fingerprint density at radius 1 is 1.26 bits per heavy atom. The Balaban J connectivity index is 1.57. The Morgan fingerprint density at radius 3 is 2.78 bits per heavy atom. The zero-order valence-electron chi connectivity index (χ0n) is 13.7. The van der Waals surface area contributed by atoms with E-state index in [2.05, 4.69) is 20.9 Å². The molecule has 3 amide bonds. The van der Waals surface area contributed by atoms with Crippen LogP contribution in [0.1, 0.15) is 50.5 Å². The van der Waals surface area contributed by atoms with E-state index in [-0.39, 0.29) is 11.9 Å². The Bertz CT molecular complexity index is 527. The number of carbonyl (C=O) groups is 2. The highest BCUT2D eigenvalue weighted by Gasteiger charge is 2.15. The minimum Gasteiger partial charge on any atom is -0.338 e. The molecule has 6 nitrogen and oxygen atoms in total. The molecule has 1 saturated carbocycles. The summed E-state index contributed by atoms with van der Waals surface area (Å²) >= 11 is 0. The molecule has 23 heavy (non-hydrogen) atoms. The number of rotatable bonds is 6. The average Bonchev–Trinajstić information content (AvgIpc) is 2.52. The molecule has 0 radical (unpaired) electrons. The number of anilines is 1. The fourth-order valence-electron chi connectivity index (χ4n) is 2.74. The van der Waals surface area contributed by atoms with Crippen LogP contribution in [0.4, 0.5) is 10.6 Å². The largest absolute Gasteiger partial charge is 0.338 e. The van der Waals surface area contributed by atoms with E-state index < -0.39 is 0 Å². The van der Waals surface area contributed by atoms with Gasteiger partial charge in [-0.1, -0.05) is 19.3 Å². The van der Waals surface area contributed by atoms with Gasteiger partial charge in [0.05, 0.1) is 0 Å². The lowest BCUT2D eigenvalue weighted by atomic mass is 9.96. The maximum atomic E-state index is 11.8. The summed E-state index contributed by atoms with van der Waals surface area (Å²) in [5, 5.41) is 8.56. The van der Waals surface area contributed by atoms with Crippen molar-refractivity contribution >= 4 is 17.8 Å². The topological polar surface area (TPSA) is 83.1 Å². The SMILES string of the molecule is Cc1ccnc(NC(=O)CCCNC(=O)NC2CCCCC2)c1. The van der Waals surface area contributed by atoms with Crippen LogP contribution in [0, 0.1) is 6.92 Å². The van der Waals surface area contributed by atoms with Gasteiger partial charge in [-0.25, -0.2) is 9.78 Å². The summed E-state index contributed by atoms with van der Waals surface area (Å²) in [7, 11) is 0. The summed E-state index contributed by atoms with van der Waals surface area (Å²) in [5.74, 6) is 0.482. The molecule has 1 fully saturated rings. The van der Waals surface area contributed by atoms with Crippen molar-refractivity contribution in [3.05, 3.63) is 23.9 Å². The van der Waals surface area contributed by atoms with Crippen molar-refractivity contribution in [1.82, 2.24) is 15.6 Å². The molecule has 6 heteroatoms. The lowest BCUT2D eigenvalue weighted by Gasteiger charge is -2.22. The van der Waals surface area contributed by atoms with Crippen LogP contribution in [0.2, 0.25) is 0 Å². The number of amides is 3. The summed E-state index contributed by atoms with van der Waals surface area (Å²) in [6.45, 7) is 2.44. The Morgan fingerprint density at radius 2 is 2.04 bits per heavy atom. The first-order valence-corrected chi connectivity index (χ1v) is 8.40. The summed E-state index contributed by atoms with van der Waals surface area (Å²) < 4.78 is 0. The molecule has 0 saturated heterocycles. The maximum absolute atomic E-state index is 11.8. The van der Waals surface area contributed by atoms with Crippen molar-refractivity contribution in [1.29, 1.82) is 0 Å². The Kier molecular flexibility index (Phi) is 6.84. The van der Waals surface area contributed by atoms with Crippen molar-refractivity contribution in [2.45, 2.75) is 57.9 Å². The minimum atomic E-state index is -0.127. The van der Waals surface area contributed by atoms with Crippen LogP contribution >= 0.6 is 0 Å². The number of carbonyl (C=O) groups excluding carboxylic acids is 2. The molecule has 1 heterocycles. The van der Waals surface area contributed by atoms with Gasteiger partial charge in [-0.05, 0) is 43.9 Å². The molecule has 1 aliphatic rings. The van der Waals surface area contributed by atoms with Gasteiger partial charge in [0.25, 0.3) is 0 Å². The van der Waals surface area contributed by atoms with E-state index in [4.69, 9.17) is 0 Å². The zero-order chi connectivity index (χ0) is 16.5. The zero-order valence-corrected chi connectivity index (χ0v) is 13.7. The van der Waals surface area contributed by atoms with Gasteiger partial charge < -0.3 is 16.0 Å². The number of urea groups is 1. The van der Waals surface area contributed by atoms with E-state index in [1.54, 1.807) is 6.20 Å². The normalized spacial score (nSPS) is 15.0. The third kappa shape index (κ3) is 6.67. The van der Waals surface area contributed by atoms with Gasteiger partial charge in [0.15, 0.2) is 0 Å². The molecule has 0 atom stereocenters. The monoisotopic (exact) mass is 318 g/mol. The molecule has 126 valence electrons. The van der Waals surface area contributed by atoms with E-state index in [0.29, 0.717) is 31.2 Å². The number of nitrogens with zero attached hydrogens (tertiary/aromatic N) is 1. The smallest absolute Gasteiger partial charge is 0.315 e. The Hall–Kier alpha value is -2.11. The van der Waals surface area contributed by atoms with Crippen molar-refractivity contribution in [2.24, 2.45) is 0 Å². The van der Waals surface area contributed by atoms with Crippen LogP contribution in [0.15, 0.2) is 18.3 Å². The van der Waals surface area contributed by atoms with E-state index >= 15 is 0 Å². The Labute approximate surface area is 137 Å². The third-order valence-electron chi connectivity index (χ3n) is 3.99. The van der Waals surface area contributed by atoms with Crippen LogP contribution in [0.5, 0.6) is 0 Å². The van der Waals surface area contributed by atoms with Crippen LogP contribution in [0.25, 0.3) is 0 Å². The summed E-state index contributed by atoms with van der Waals surface area (Å²) in [5.41, 5.74) is 1.05. The van der Waals surface area contributed by atoms with Gasteiger partial charge in [0.2, 0.25) is 5.91 Å². The standard InChI is InChI=1S/C17H26N4O2/c1-13-9-11-18-15(12-13)21-16(22)8-5-10-19-17(23)20-14-6-3-2-4-7-14/h9,11-12,14H,2-8,10H2,1H3,(H,18,21,22)(H2,19,20,23). The number of aromatic nitrogens is 1. The first kappa shape index (κ1) is 17.2. The molecular weight excluding hydrogens is 292 g/mol. The van der Waals surface area contributed by atoms with Gasteiger partial charge in [0, 0.05) is 25.2 Å². The molecule has 0 bridgehead atoms.